The molecule has 0 amide bonds. The van der Waals surface area contributed by atoms with Gasteiger partial charge in [-0.05, 0) is 12.8 Å². The topological polar surface area (TPSA) is 166 Å². The second kappa shape index (κ2) is 7.01. The number of rotatable bonds is 7. The summed E-state index contributed by atoms with van der Waals surface area (Å²) >= 11 is 0. The molecule has 22 heavy (non-hydrogen) atoms. The van der Waals surface area contributed by atoms with E-state index in [0.717, 1.165) is 0 Å². The summed E-state index contributed by atoms with van der Waals surface area (Å²) in [6.45, 7) is 0. The number of ketones is 1. The number of carboxylic acid groups (broad SMARTS) is 4. The van der Waals surface area contributed by atoms with E-state index in [1.165, 1.54) is 0 Å². The first-order chi connectivity index (χ1) is 10.2. The average Bonchev–Trinajstić information content (AvgIpc) is 2.38. The van der Waals surface area contributed by atoms with Crippen molar-refractivity contribution >= 4 is 29.7 Å². The predicted octanol–water partition coefficient (Wildman–Crippen LogP) is -0.0673. The van der Waals surface area contributed by atoms with E-state index >= 15 is 0 Å². The van der Waals surface area contributed by atoms with Crippen molar-refractivity contribution in [1.82, 2.24) is 0 Å². The van der Waals surface area contributed by atoms with Gasteiger partial charge in [0.05, 0.1) is 11.8 Å². The number of hydrogen-bond acceptors (Lipinski definition) is 5. The smallest absolute Gasteiger partial charge is 0.318 e. The second-order valence-electron chi connectivity index (χ2n) is 5.20. The van der Waals surface area contributed by atoms with Crippen molar-refractivity contribution in [3.63, 3.8) is 0 Å². The van der Waals surface area contributed by atoms with Gasteiger partial charge in [-0.3, -0.25) is 24.0 Å². The fourth-order valence-electron chi connectivity index (χ4n) is 2.88. The van der Waals surface area contributed by atoms with Crippen molar-refractivity contribution in [2.24, 2.45) is 23.7 Å². The summed E-state index contributed by atoms with van der Waals surface area (Å²) in [5, 5.41) is 36.3. The number of hydrogen-bond donors (Lipinski definition) is 4. The zero-order valence-electron chi connectivity index (χ0n) is 11.5. The van der Waals surface area contributed by atoms with Crippen LogP contribution in [0.4, 0.5) is 0 Å². The van der Waals surface area contributed by atoms with Crippen LogP contribution in [0.15, 0.2) is 0 Å². The Morgan fingerprint density at radius 2 is 1.41 bits per heavy atom. The summed E-state index contributed by atoms with van der Waals surface area (Å²) in [5.41, 5.74) is 0. The Hall–Kier alpha value is -2.45. The molecule has 0 radical (unpaired) electrons. The molecule has 1 fully saturated rings. The minimum Gasteiger partial charge on any atom is -0.481 e. The van der Waals surface area contributed by atoms with Gasteiger partial charge in [0.1, 0.15) is 5.78 Å². The van der Waals surface area contributed by atoms with E-state index in [9.17, 15) is 34.2 Å². The molecule has 0 spiro atoms. The molecule has 1 rings (SSSR count). The summed E-state index contributed by atoms with van der Waals surface area (Å²) in [7, 11) is 0. The molecule has 1 aliphatic rings. The van der Waals surface area contributed by atoms with Gasteiger partial charge in [-0.15, -0.1) is 0 Å². The molecule has 9 nitrogen and oxygen atoms in total. The Labute approximate surface area is 124 Å². The van der Waals surface area contributed by atoms with Gasteiger partial charge in [-0.2, -0.15) is 0 Å². The van der Waals surface area contributed by atoms with Crippen molar-refractivity contribution in [3.8, 4) is 0 Å². The van der Waals surface area contributed by atoms with Crippen LogP contribution < -0.4 is 0 Å². The second-order valence-corrected chi connectivity index (χ2v) is 5.20. The normalized spacial score (nSPS) is 21.1. The van der Waals surface area contributed by atoms with E-state index < -0.39 is 53.3 Å². The molecular formula is C13H16O9. The minimum absolute atomic E-state index is 0.0750. The summed E-state index contributed by atoms with van der Waals surface area (Å²) in [4.78, 5) is 56.8. The molecular weight excluding hydrogens is 300 g/mol. The fourth-order valence-corrected chi connectivity index (χ4v) is 2.88. The molecule has 0 aliphatic heterocycles. The van der Waals surface area contributed by atoms with Crippen LogP contribution in [-0.4, -0.2) is 50.1 Å². The predicted molar refractivity (Wildman–Crippen MR) is 68.0 cm³/mol. The molecule has 122 valence electrons. The van der Waals surface area contributed by atoms with E-state index in [2.05, 4.69) is 0 Å². The third-order valence-corrected chi connectivity index (χ3v) is 3.88. The van der Waals surface area contributed by atoms with Gasteiger partial charge in [0.2, 0.25) is 0 Å². The Bertz CT molecular complexity index is 496. The average molecular weight is 316 g/mol. The highest BCUT2D eigenvalue weighted by molar-refractivity contribution is 5.99. The van der Waals surface area contributed by atoms with Gasteiger partial charge in [-0.25, -0.2) is 0 Å². The number of Topliss-reactive ketones (excluding diaryl/α,β-unsaturated/α-hetero) is 1. The molecule has 3 unspecified atom stereocenters. The molecule has 4 N–H and O–H groups in total. The molecule has 0 aromatic carbocycles. The van der Waals surface area contributed by atoms with Gasteiger partial charge in [-0.1, -0.05) is 6.42 Å². The molecule has 0 aromatic rings. The van der Waals surface area contributed by atoms with Gasteiger partial charge >= 0.3 is 23.9 Å². The maximum Gasteiger partial charge on any atom is 0.318 e. The summed E-state index contributed by atoms with van der Waals surface area (Å²) in [6.07, 6.45) is 1.22. The summed E-state index contributed by atoms with van der Waals surface area (Å²) in [6, 6.07) is 0. The number of carbonyl (C=O) groups is 5. The molecule has 0 aromatic heterocycles. The SMILES string of the molecule is O=C1CCCCC1C(C(=O)O)C(C(=O)O)C(C(=O)O)C(=O)O. The van der Waals surface area contributed by atoms with Crippen LogP contribution in [0.3, 0.4) is 0 Å². The maximum absolute atomic E-state index is 11.9. The monoisotopic (exact) mass is 316 g/mol. The molecule has 3 atom stereocenters. The molecule has 1 aliphatic carbocycles. The third-order valence-electron chi connectivity index (χ3n) is 3.88. The quantitative estimate of drug-likeness (QED) is 0.470. The van der Waals surface area contributed by atoms with Crippen LogP contribution >= 0.6 is 0 Å². The first-order valence-corrected chi connectivity index (χ1v) is 6.62. The highest BCUT2D eigenvalue weighted by Crippen LogP contribution is 2.36. The van der Waals surface area contributed by atoms with Crippen molar-refractivity contribution in [2.75, 3.05) is 0 Å². The lowest BCUT2D eigenvalue weighted by atomic mass is 9.69. The molecule has 9 heteroatoms. The van der Waals surface area contributed by atoms with Crippen LogP contribution in [0.5, 0.6) is 0 Å². The van der Waals surface area contributed by atoms with Crippen molar-refractivity contribution in [3.05, 3.63) is 0 Å². The number of aliphatic carboxylic acids is 4. The lowest BCUT2D eigenvalue weighted by Gasteiger charge is -2.31. The van der Waals surface area contributed by atoms with Gasteiger partial charge < -0.3 is 20.4 Å². The Morgan fingerprint density at radius 3 is 1.77 bits per heavy atom. The van der Waals surface area contributed by atoms with E-state index in [1.807, 2.05) is 0 Å². The van der Waals surface area contributed by atoms with Gasteiger partial charge in [0.25, 0.3) is 0 Å². The van der Waals surface area contributed by atoms with E-state index in [0.29, 0.717) is 12.8 Å². The van der Waals surface area contributed by atoms with Crippen molar-refractivity contribution in [1.29, 1.82) is 0 Å². The first kappa shape index (κ1) is 17.6. The van der Waals surface area contributed by atoms with Crippen LogP contribution in [0.25, 0.3) is 0 Å². The molecule has 0 heterocycles. The largest absolute Gasteiger partial charge is 0.481 e. The van der Waals surface area contributed by atoms with E-state index in [-0.39, 0.29) is 12.8 Å². The molecule has 0 saturated heterocycles. The summed E-state index contributed by atoms with van der Waals surface area (Å²) < 4.78 is 0. The Morgan fingerprint density at radius 1 is 0.864 bits per heavy atom. The maximum atomic E-state index is 11.9. The summed E-state index contributed by atoms with van der Waals surface area (Å²) in [5.74, 6) is -15.6. The fraction of sp³-hybridized carbons (Fsp3) is 0.615. The van der Waals surface area contributed by atoms with Crippen LogP contribution in [0.1, 0.15) is 25.7 Å². The molecule has 0 bridgehead atoms. The Balaban J connectivity index is 3.30. The lowest BCUT2D eigenvalue weighted by molar-refractivity contribution is -0.172. The highest BCUT2D eigenvalue weighted by atomic mass is 16.4. The number of carboxylic acids is 4. The minimum atomic E-state index is -2.44. The van der Waals surface area contributed by atoms with Crippen molar-refractivity contribution in [2.45, 2.75) is 25.7 Å². The third kappa shape index (κ3) is 3.60. The lowest BCUT2D eigenvalue weighted by Crippen LogP contribution is -2.47. The van der Waals surface area contributed by atoms with Crippen LogP contribution in [0, 0.1) is 23.7 Å². The van der Waals surface area contributed by atoms with E-state index in [4.69, 9.17) is 10.2 Å². The van der Waals surface area contributed by atoms with Crippen LogP contribution in [0.2, 0.25) is 0 Å². The van der Waals surface area contributed by atoms with Crippen molar-refractivity contribution < 1.29 is 44.4 Å². The zero-order valence-corrected chi connectivity index (χ0v) is 11.5. The Kier molecular flexibility index (Phi) is 5.61. The standard InChI is InChI=1S/C13H16O9/c14-6-4-2-1-3-5(6)7(10(15)16)8(11(17)18)9(12(19)20)13(21)22/h5,7-9H,1-4H2,(H,15,16)(H,17,18)(H,19,20)(H,21,22). The zero-order chi connectivity index (χ0) is 17.0. The van der Waals surface area contributed by atoms with Crippen LogP contribution in [-0.2, 0) is 24.0 Å². The van der Waals surface area contributed by atoms with Gasteiger partial charge in [0.15, 0.2) is 5.92 Å². The van der Waals surface area contributed by atoms with Gasteiger partial charge in [0, 0.05) is 12.3 Å². The highest BCUT2D eigenvalue weighted by Gasteiger charge is 2.51. The number of carbonyl (C=O) groups excluding carboxylic acids is 1. The molecule has 1 saturated carbocycles. The first-order valence-electron chi connectivity index (χ1n) is 6.62. The van der Waals surface area contributed by atoms with E-state index in [1.54, 1.807) is 0 Å².